The van der Waals surface area contributed by atoms with E-state index in [0.29, 0.717) is 12.1 Å². The third kappa shape index (κ3) is 3.03. The van der Waals surface area contributed by atoms with E-state index in [9.17, 15) is 9.18 Å². The smallest absolute Gasteiger partial charge is 0.237 e. The van der Waals surface area contributed by atoms with Crippen molar-refractivity contribution >= 4 is 5.91 Å². The quantitative estimate of drug-likeness (QED) is 0.835. The molecule has 92 valence electrons. The van der Waals surface area contributed by atoms with Crippen molar-refractivity contribution in [1.82, 2.24) is 10.6 Å². The molecule has 1 aromatic rings. The minimum absolute atomic E-state index is 0.0319. The Bertz CT molecular complexity index is 414. The van der Waals surface area contributed by atoms with Crippen LogP contribution in [0.25, 0.3) is 0 Å². The third-order valence-corrected chi connectivity index (χ3v) is 3.07. The Morgan fingerprint density at radius 3 is 3.06 bits per heavy atom. The van der Waals surface area contributed by atoms with Gasteiger partial charge in [0, 0.05) is 6.54 Å². The lowest BCUT2D eigenvalue weighted by atomic mass is 10.1. The van der Waals surface area contributed by atoms with Gasteiger partial charge in [0.15, 0.2) is 0 Å². The fraction of sp³-hybridized carbons (Fsp3) is 0.462. The molecule has 1 fully saturated rings. The van der Waals surface area contributed by atoms with Crippen LogP contribution in [0.1, 0.15) is 24.0 Å². The lowest BCUT2D eigenvalue weighted by Crippen LogP contribution is -2.40. The van der Waals surface area contributed by atoms with E-state index < -0.39 is 0 Å². The second-order valence-electron chi connectivity index (χ2n) is 4.45. The molecule has 1 heterocycles. The average molecular weight is 236 g/mol. The van der Waals surface area contributed by atoms with E-state index in [1.807, 2.05) is 0 Å². The number of rotatable bonds is 3. The number of amides is 1. The summed E-state index contributed by atoms with van der Waals surface area (Å²) in [4.78, 5) is 11.7. The number of hydrogen-bond acceptors (Lipinski definition) is 2. The van der Waals surface area contributed by atoms with Crippen molar-refractivity contribution in [2.75, 3.05) is 6.54 Å². The summed E-state index contributed by atoms with van der Waals surface area (Å²) in [7, 11) is 0. The van der Waals surface area contributed by atoms with E-state index in [4.69, 9.17) is 0 Å². The molecule has 1 saturated heterocycles. The SMILES string of the molecule is Cc1cc(CNC(=O)C2CCCN2)ccc1F. The van der Waals surface area contributed by atoms with Gasteiger partial charge in [-0.15, -0.1) is 0 Å². The van der Waals surface area contributed by atoms with Gasteiger partial charge in [0.2, 0.25) is 5.91 Å². The number of carbonyl (C=O) groups is 1. The Hall–Kier alpha value is -1.42. The summed E-state index contributed by atoms with van der Waals surface area (Å²) in [6.07, 6.45) is 1.95. The molecule has 0 bridgehead atoms. The number of carbonyl (C=O) groups excluding carboxylic acids is 1. The van der Waals surface area contributed by atoms with Crippen LogP contribution in [0.3, 0.4) is 0 Å². The predicted octanol–water partition coefficient (Wildman–Crippen LogP) is 1.50. The molecule has 2 rings (SSSR count). The fourth-order valence-electron chi connectivity index (χ4n) is 2.04. The zero-order valence-corrected chi connectivity index (χ0v) is 9.92. The monoisotopic (exact) mass is 236 g/mol. The molecule has 0 radical (unpaired) electrons. The first-order valence-corrected chi connectivity index (χ1v) is 5.93. The highest BCUT2D eigenvalue weighted by molar-refractivity contribution is 5.81. The molecule has 17 heavy (non-hydrogen) atoms. The van der Waals surface area contributed by atoms with Gasteiger partial charge in [-0.3, -0.25) is 4.79 Å². The highest BCUT2D eigenvalue weighted by Crippen LogP contribution is 2.09. The maximum atomic E-state index is 13.0. The van der Waals surface area contributed by atoms with Gasteiger partial charge >= 0.3 is 0 Å². The van der Waals surface area contributed by atoms with Crippen LogP contribution < -0.4 is 10.6 Å². The van der Waals surface area contributed by atoms with Crippen molar-refractivity contribution in [3.63, 3.8) is 0 Å². The molecule has 1 unspecified atom stereocenters. The topological polar surface area (TPSA) is 41.1 Å². The van der Waals surface area contributed by atoms with Crippen molar-refractivity contribution in [3.8, 4) is 0 Å². The van der Waals surface area contributed by atoms with E-state index in [1.54, 1.807) is 19.1 Å². The first kappa shape index (κ1) is 12.0. The van der Waals surface area contributed by atoms with E-state index in [0.717, 1.165) is 24.9 Å². The molecule has 1 aromatic carbocycles. The summed E-state index contributed by atoms with van der Waals surface area (Å²) in [5, 5.41) is 6.00. The molecule has 4 heteroatoms. The summed E-state index contributed by atoms with van der Waals surface area (Å²) in [5.41, 5.74) is 1.53. The van der Waals surface area contributed by atoms with Crippen molar-refractivity contribution in [2.45, 2.75) is 32.4 Å². The Kier molecular flexibility index (Phi) is 3.74. The number of aryl methyl sites for hydroxylation is 1. The molecule has 1 aliphatic rings. The molecular weight excluding hydrogens is 219 g/mol. The van der Waals surface area contributed by atoms with Crippen LogP contribution in [-0.2, 0) is 11.3 Å². The Morgan fingerprint density at radius 1 is 1.59 bits per heavy atom. The lowest BCUT2D eigenvalue weighted by Gasteiger charge is -2.11. The van der Waals surface area contributed by atoms with Crippen LogP contribution >= 0.6 is 0 Å². The van der Waals surface area contributed by atoms with Gasteiger partial charge in [0.1, 0.15) is 5.82 Å². The van der Waals surface area contributed by atoms with Gasteiger partial charge in [0.25, 0.3) is 0 Å². The normalized spacial score (nSPS) is 19.3. The number of hydrogen-bond donors (Lipinski definition) is 2. The molecule has 2 N–H and O–H groups in total. The molecule has 0 saturated carbocycles. The molecule has 1 atom stereocenters. The zero-order chi connectivity index (χ0) is 12.3. The Balaban J connectivity index is 1.88. The standard InChI is InChI=1S/C13H17FN2O/c1-9-7-10(4-5-11(9)14)8-16-13(17)12-3-2-6-15-12/h4-5,7,12,15H,2-3,6,8H2,1H3,(H,16,17). The van der Waals surface area contributed by atoms with E-state index in [1.165, 1.54) is 6.07 Å². The maximum Gasteiger partial charge on any atom is 0.237 e. The molecular formula is C13H17FN2O. The largest absolute Gasteiger partial charge is 0.351 e. The molecule has 1 aliphatic heterocycles. The average Bonchev–Trinajstić information content (AvgIpc) is 2.84. The van der Waals surface area contributed by atoms with E-state index in [-0.39, 0.29) is 17.8 Å². The summed E-state index contributed by atoms with van der Waals surface area (Å²) in [6.45, 7) is 3.09. The van der Waals surface area contributed by atoms with E-state index in [2.05, 4.69) is 10.6 Å². The Morgan fingerprint density at radius 2 is 2.41 bits per heavy atom. The van der Waals surface area contributed by atoms with Crippen LogP contribution in [0.5, 0.6) is 0 Å². The third-order valence-electron chi connectivity index (χ3n) is 3.07. The highest BCUT2D eigenvalue weighted by atomic mass is 19.1. The second kappa shape index (κ2) is 5.27. The first-order valence-electron chi connectivity index (χ1n) is 5.93. The van der Waals surface area contributed by atoms with Gasteiger partial charge in [-0.25, -0.2) is 4.39 Å². The van der Waals surface area contributed by atoms with Gasteiger partial charge in [-0.2, -0.15) is 0 Å². The summed E-state index contributed by atoms with van der Waals surface area (Å²) >= 11 is 0. The van der Waals surface area contributed by atoms with Crippen molar-refractivity contribution in [3.05, 3.63) is 35.1 Å². The van der Waals surface area contributed by atoms with Crippen molar-refractivity contribution in [1.29, 1.82) is 0 Å². The van der Waals surface area contributed by atoms with Crippen LogP contribution in [0.4, 0.5) is 4.39 Å². The van der Waals surface area contributed by atoms with E-state index >= 15 is 0 Å². The van der Waals surface area contributed by atoms with Gasteiger partial charge < -0.3 is 10.6 Å². The van der Waals surface area contributed by atoms with Crippen molar-refractivity contribution < 1.29 is 9.18 Å². The van der Waals surface area contributed by atoms with Crippen LogP contribution in [0.2, 0.25) is 0 Å². The van der Waals surface area contributed by atoms with Crippen LogP contribution in [0.15, 0.2) is 18.2 Å². The number of halogens is 1. The molecule has 1 amide bonds. The van der Waals surface area contributed by atoms with Gasteiger partial charge in [-0.05, 0) is 43.5 Å². The maximum absolute atomic E-state index is 13.0. The summed E-state index contributed by atoms with van der Waals surface area (Å²) in [5.74, 6) is -0.179. The van der Waals surface area contributed by atoms with Crippen LogP contribution in [0, 0.1) is 12.7 Å². The Labute approximate surface area is 100 Å². The number of nitrogens with one attached hydrogen (secondary N) is 2. The summed E-state index contributed by atoms with van der Waals surface area (Å²) < 4.78 is 13.0. The molecule has 0 spiro atoms. The van der Waals surface area contributed by atoms with Gasteiger partial charge in [0.05, 0.1) is 6.04 Å². The van der Waals surface area contributed by atoms with Gasteiger partial charge in [-0.1, -0.05) is 12.1 Å². The zero-order valence-electron chi connectivity index (χ0n) is 9.92. The first-order chi connectivity index (χ1) is 8.16. The number of benzene rings is 1. The molecule has 0 aromatic heterocycles. The molecule has 3 nitrogen and oxygen atoms in total. The second-order valence-corrected chi connectivity index (χ2v) is 4.45. The predicted molar refractivity (Wildman–Crippen MR) is 64.0 cm³/mol. The minimum atomic E-state index is -0.211. The van der Waals surface area contributed by atoms with Crippen LogP contribution in [-0.4, -0.2) is 18.5 Å². The lowest BCUT2D eigenvalue weighted by molar-refractivity contribution is -0.122. The molecule has 0 aliphatic carbocycles. The van der Waals surface area contributed by atoms with Crippen molar-refractivity contribution in [2.24, 2.45) is 0 Å². The fourth-order valence-corrected chi connectivity index (χ4v) is 2.04. The minimum Gasteiger partial charge on any atom is -0.351 e. The highest BCUT2D eigenvalue weighted by Gasteiger charge is 2.21. The summed E-state index contributed by atoms with van der Waals surface area (Å²) in [6, 6.07) is 4.84.